The fourth-order valence-corrected chi connectivity index (χ4v) is 5.88. The van der Waals surface area contributed by atoms with Crippen molar-refractivity contribution >= 4 is 28.6 Å². The molecule has 0 spiro atoms. The molecule has 3 aliphatic rings. The van der Waals surface area contributed by atoms with Crippen LogP contribution in [0.25, 0.3) is 10.9 Å². The molecule has 2 aliphatic heterocycles. The van der Waals surface area contributed by atoms with E-state index in [-0.39, 0.29) is 52.8 Å². The number of aromatic nitrogens is 1. The Balaban J connectivity index is 1.37. The molecule has 0 bridgehead atoms. The molecule has 0 unspecified atom stereocenters. The number of rotatable bonds is 6. The number of aliphatic hydroxyl groups excluding tert-OH is 1. The SMILES string of the molecule is CC1(C)[C@@H]2[C@@H](C(=O)N[C@H](CO)C[C@@H]3CCNC3=O)N(C(=O)c3cc4ccc(F)c(F)c4[nH]3)C[C@@H]21. The van der Waals surface area contributed by atoms with E-state index in [0.29, 0.717) is 31.3 Å². The molecule has 1 aliphatic carbocycles. The minimum Gasteiger partial charge on any atom is -0.394 e. The number of fused-ring (bicyclic) bond motifs is 2. The largest absolute Gasteiger partial charge is 0.394 e. The van der Waals surface area contributed by atoms with E-state index in [1.54, 1.807) is 0 Å². The summed E-state index contributed by atoms with van der Waals surface area (Å²) in [5.74, 6) is -3.18. The highest BCUT2D eigenvalue weighted by Gasteiger charge is 2.69. The van der Waals surface area contributed by atoms with Gasteiger partial charge in [0.05, 0.1) is 18.2 Å². The number of amides is 3. The Kier molecular flexibility index (Phi) is 5.38. The molecule has 0 radical (unpaired) electrons. The number of benzene rings is 1. The van der Waals surface area contributed by atoms with Crippen molar-refractivity contribution in [3.63, 3.8) is 0 Å². The summed E-state index contributed by atoms with van der Waals surface area (Å²) in [5.41, 5.74) is -0.129. The lowest BCUT2D eigenvalue weighted by atomic mass is 9.97. The molecule has 3 fully saturated rings. The lowest BCUT2D eigenvalue weighted by Crippen LogP contribution is -2.53. The van der Waals surface area contributed by atoms with Gasteiger partial charge in [-0.3, -0.25) is 14.4 Å². The van der Waals surface area contributed by atoms with Crippen molar-refractivity contribution in [2.24, 2.45) is 23.2 Å². The highest BCUT2D eigenvalue weighted by molar-refractivity contribution is 6.01. The van der Waals surface area contributed by atoms with Crippen molar-refractivity contribution in [3.05, 3.63) is 35.5 Å². The number of likely N-dealkylation sites (tertiary alicyclic amines) is 1. The number of piperidine rings is 1. The normalized spacial score (nSPS) is 28.0. The summed E-state index contributed by atoms with van der Waals surface area (Å²) >= 11 is 0. The molecule has 4 N–H and O–H groups in total. The molecule has 182 valence electrons. The van der Waals surface area contributed by atoms with Crippen molar-refractivity contribution in [2.75, 3.05) is 19.7 Å². The van der Waals surface area contributed by atoms with E-state index in [4.69, 9.17) is 0 Å². The summed E-state index contributed by atoms with van der Waals surface area (Å²) in [4.78, 5) is 42.8. The molecule has 1 aromatic heterocycles. The molecule has 8 nitrogen and oxygen atoms in total. The van der Waals surface area contributed by atoms with E-state index in [9.17, 15) is 28.3 Å². The van der Waals surface area contributed by atoms with Gasteiger partial charge in [-0.05, 0) is 48.3 Å². The maximum atomic E-state index is 14.2. The molecule has 2 aromatic rings. The average Bonchev–Trinajstić information content (AvgIpc) is 3.31. The Bertz CT molecular complexity index is 1180. The van der Waals surface area contributed by atoms with Crippen LogP contribution in [0.4, 0.5) is 8.78 Å². The molecule has 1 saturated carbocycles. The number of carbonyl (C=O) groups is 3. The molecule has 10 heteroatoms. The van der Waals surface area contributed by atoms with Gasteiger partial charge in [0.15, 0.2) is 11.6 Å². The van der Waals surface area contributed by atoms with Crippen molar-refractivity contribution in [1.29, 1.82) is 0 Å². The van der Waals surface area contributed by atoms with Crippen LogP contribution in [0, 0.1) is 34.8 Å². The van der Waals surface area contributed by atoms with E-state index >= 15 is 0 Å². The molecule has 34 heavy (non-hydrogen) atoms. The third-order valence-electron chi connectivity index (χ3n) is 7.95. The zero-order valence-electron chi connectivity index (χ0n) is 19.0. The third kappa shape index (κ3) is 3.55. The number of hydrogen-bond donors (Lipinski definition) is 4. The van der Waals surface area contributed by atoms with Gasteiger partial charge >= 0.3 is 0 Å². The Morgan fingerprint density at radius 1 is 1.32 bits per heavy atom. The molecule has 5 atom stereocenters. The predicted octanol–water partition coefficient (Wildman–Crippen LogP) is 1.55. The van der Waals surface area contributed by atoms with Crippen LogP contribution in [0.1, 0.15) is 37.2 Å². The number of aromatic amines is 1. The Labute approximate surface area is 195 Å². The topological polar surface area (TPSA) is 115 Å². The van der Waals surface area contributed by atoms with Crippen LogP contribution in [-0.4, -0.2) is 64.5 Å². The Morgan fingerprint density at radius 2 is 2.09 bits per heavy atom. The summed E-state index contributed by atoms with van der Waals surface area (Å²) in [6.45, 7) is 4.74. The van der Waals surface area contributed by atoms with E-state index in [0.717, 1.165) is 6.07 Å². The second-order valence-corrected chi connectivity index (χ2v) is 10.3. The molecule has 3 amide bonds. The van der Waals surface area contributed by atoms with Gasteiger partial charge in [0, 0.05) is 24.4 Å². The van der Waals surface area contributed by atoms with Crippen LogP contribution in [-0.2, 0) is 9.59 Å². The quantitative estimate of drug-likeness (QED) is 0.509. The van der Waals surface area contributed by atoms with Gasteiger partial charge in [-0.15, -0.1) is 0 Å². The van der Waals surface area contributed by atoms with Crippen LogP contribution in [0.5, 0.6) is 0 Å². The fourth-order valence-electron chi connectivity index (χ4n) is 5.88. The van der Waals surface area contributed by atoms with Crippen LogP contribution in [0.15, 0.2) is 18.2 Å². The first-order valence-electron chi connectivity index (χ1n) is 11.6. The van der Waals surface area contributed by atoms with Gasteiger partial charge in [-0.1, -0.05) is 13.8 Å². The van der Waals surface area contributed by atoms with Gasteiger partial charge in [0.1, 0.15) is 11.7 Å². The van der Waals surface area contributed by atoms with Crippen LogP contribution < -0.4 is 10.6 Å². The number of aliphatic hydroxyl groups is 1. The lowest BCUT2D eigenvalue weighted by Gasteiger charge is -2.31. The van der Waals surface area contributed by atoms with E-state index in [1.807, 2.05) is 0 Å². The molecule has 5 rings (SSSR count). The zero-order valence-corrected chi connectivity index (χ0v) is 19.0. The summed E-state index contributed by atoms with van der Waals surface area (Å²) in [6.07, 6.45) is 0.966. The van der Waals surface area contributed by atoms with Gasteiger partial charge in [-0.25, -0.2) is 8.78 Å². The second kappa shape index (κ2) is 8.04. The van der Waals surface area contributed by atoms with Crippen LogP contribution in [0.3, 0.4) is 0 Å². The maximum Gasteiger partial charge on any atom is 0.271 e. The highest BCUT2D eigenvalue weighted by Crippen LogP contribution is 2.65. The number of nitrogens with zero attached hydrogens (tertiary/aromatic N) is 1. The standard InChI is InChI=1S/C24H28F2N4O4/c1-24(2)14-9-30(23(34)16-8-11-3-4-15(25)18(26)19(11)29-16)20(17(14)24)22(33)28-13(10-31)7-12-5-6-27-21(12)32/h3-4,8,12-14,17,20,29,31H,5-7,9-10H2,1-2H3,(H,27,32)(H,28,33)/t12-,13-,14-,17-,20-/m0/s1. The number of halogens is 2. The maximum absolute atomic E-state index is 14.2. The number of hydrogen-bond acceptors (Lipinski definition) is 4. The predicted molar refractivity (Wildman–Crippen MR) is 119 cm³/mol. The van der Waals surface area contributed by atoms with Gasteiger partial charge in [0.2, 0.25) is 11.8 Å². The lowest BCUT2D eigenvalue weighted by molar-refractivity contribution is -0.128. The van der Waals surface area contributed by atoms with Crippen molar-refractivity contribution in [1.82, 2.24) is 20.5 Å². The minimum atomic E-state index is -1.06. The Hall–Kier alpha value is -3.01. The first kappa shape index (κ1) is 22.8. The van der Waals surface area contributed by atoms with Crippen molar-refractivity contribution < 1.29 is 28.3 Å². The summed E-state index contributed by atoms with van der Waals surface area (Å²) < 4.78 is 27.8. The summed E-state index contributed by atoms with van der Waals surface area (Å²) in [6, 6.07) is 2.49. The van der Waals surface area contributed by atoms with E-state index in [1.165, 1.54) is 17.0 Å². The van der Waals surface area contributed by atoms with Gasteiger partial charge < -0.3 is 25.6 Å². The number of nitrogens with one attached hydrogen (secondary N) is 3. The molecule has 2 saturated heterocycles. The average molecular weight is 475 g/mol. The van der Waals surface area contributed by atoms with Crippen LogP contribution >= 0.6 is 0 Å². The first-order chi connectivity index (χ1) is 16.1. The van der Waals surface area contributed by atoms with Gasteiger partial charge in [-0.2, -0.15) is 0 Å². The zero-order chi connectivity index (χ0) is 24.4. The van der Waals surface area contributed by atoms with Gasteiger partial charge in [0.25, 0.3) is 5.91 Å². The monoisotopic (exact) mass is 474 g/mol. The highest BCUT2D eigenvalue weighted by atomic mass is 19.2. The molecular formula is C24H28F2N4O4. The number of carbonyl (C=O) groups excluding carboxylic acids is 3. The molecular weight excluding hydrogens is 446 g/mol. The van der Waals surface area contributed by atoms with E-state index < -0.39 is 29.6 Å². The second-order valence-electron chi connectivity index (χ2n) is 10.3. The third-order valence-corrected chi connectivity index (χ3v) is 7.95. The van der Waals surface area contributed by atoms with E-state index in [2.05, 4.69) is 29.5 Å². The Morgan fingerprint density at radius 3 is 2.76 bits per heavy atom. The molecule has 3 heterocycles. The minimum absolute atomic E-state index is 0.0517. The fraction of sp³-hybridized carbons (Fsp3) is 0.542. The summed E-state index contributed by atoms with van der Waals surface area (Å²) in [5, 5.41) is 15.8. The number of H-pyrrole nitrogens is 1. The van der Waals surface area contributed by atoms with Crippen molar-refractivity contribution in [3.8, 4) is 0 Å². The first-order valence-corrected chi connectivity index (χ1v) is 11.6. The summed E-state index contributed by atoms with van der Waals surface area (Å²) in [7, 11) is 0. The van der Waals surface area contributed by atoms with Crippen LogP contribution in [0.2, 0.25) is 0 Å². The van der Waals surface area contributed by atoms with Crippen molar-refractivity contribution in [2.45, 2.75) is 38.8 Å². The molecule has 1 aromatic carbocycles. The smallest absolute Gasteiger partial charge is 0.271 e.